The number of carbonyl (C=O) groups is 1. The van der Waals surface area contributed by atoms with Gasteiger partial charge >= 0.3 is 0 Å². The standard InChI is InChI=1S/C25H33N3O3S2/c1-19-13-20(2)17-28(16-19)33(30,31)24-8-4-6-22(15-24)25(29)26-23-7-3-5-21(14-23)18-27-9-11-32-12-10-27/h3-8,14-15,19-20H,9-13,16-18H2,1-2H3,(H,26,29). The van der Waals surface area contributed by atoms with Gasteiger partial charge in [0.15, 0.2) is 0 Å². The fourth-order valence-corrected chi connectivity index (χ4v) is 7.42. The Labute approximate surface area is 201 Å². The summed E-state index contributed by atoms with van der Waals surface area (Å²) in [5, 5.41) is 2.94. The van der Waals surface area contributed by atoms with Crippen molar-refractivity contribution in [3.63, 3.8) is 0 Å². The van der Waals surface area contributed by atoms with Gasteiger partial charge in [0.05, 0.1) is 4.90 Å². The number of carbonyl (C=O) groups excluding carboxylic acids is 1. The molecule has 0 aromatic heterocycles. The van der Waals surface area contributed by atoms with Crippen molar-refractivity contribution < 1.29 is 13.2 Å². The molecule has 2 aliphatic heterocycles. The predicted molar refractivity (Wildman–Crippen MR) is 135 cm³/mol. The molecular weight excluding hydrogens is 454 g/mol. The minimum Gasteiger partial charge on any atom is -0.322 e. The summed E-state index contributed by atoms with van der Waals surface area (Å²) < 4.78 is 28.0. The minimum atomic E-state index is -3.63. The van der Waals surface area contributed by atoms with Crippen molar-refractivity contribution in [1.29, 1.82) is 0 Å². The van der Waals surface area contributed by atoms with Crippen molar-refractivity contribution in [2.45, 2.75) is 31.7 Å². The van der Waals surface area contributed by atoms with Crippen molar-refractivity contribution >= 4 is 33.4 Å². The second kappa shape index (κ2) is 10.6. The number of anilines is 1. The zero-order valence-electron chi connectivity index (χ0n) is 19.4. The van der Waals surface area contributed by atoms with Crippen LogP contribution in [0.2, 0.25) is 0 Å². The summed E-state index contributed by atoms with van der Waals surface area (Å²) >= 11 is 1.99. The lowest BCUT2D eigenvalue weighted by Crippen LogP contribution is -2.42. The summed E-state index contributed by atoms with van der Waals surface area (Å²) in [4.78, 5) is 15.5. The van der Waals surface area contributed by atoms with Gasteiger partial charge in [0.25, 0.3) is 5.91 Å². The maximum absolute atomic E-state index is 13.2. The number of hydrogen-bond acceptors (Lipinski definition) is 5. The highest BCUT2D eigenvalue weighted by atomic mass is 32.2. The molecule has 0 spiro atoms. The van der Waals surface area contributed by atoms with Crippen molar-refractivity contribution in [2.75, 3.05) is 43.0 Å². The van der Waals surface area contributed by atoms with E-state index in [1.165, 1.54) is 6.07 Å². The van der Waals surface area contributed by atoms with Crippen LogP contribution in [0.4, 0.5) is 5.69 Å². The average molecular weight is 488 g/mol. The third-order valence-corrected chi connectivity index (χ3v) is 9.03. The summed E-state index contributed by atoms with van der Waals surface area (Å²) in [5.74, 6) is 2.66. The molecule has 33 heavy (non-hydrogen) atoms. The number of amides is 1. The van der Waals surface area contributed by atoms with E-state index in [-0.39, 0.29) is 10.8 Å². The van der Waals surface area contributed by atoms with Crippen molar-refractivity contribution in [2.24, 2.45) is 11.8 Å². The van der Waals surface area contributed by atoms with E-state index < -0.39 is 10.0 Å². The molecule has 0 radical (unpaired) electrons. The summed E-state index contributed by atoms with van der Waals surface area (Å²) in [6.45, 7) is 8.23. The number of thioether (sulfide) groups is 1. The molecule has 4 rings (SSSR count). The molecule has 8 heteroatoms. The molecule has 2 fully saturated rings. The Hall–Kier alpha value is -1.87. The number of piperidine rings is 1. The van der Waals surface area contributed by atoms with Crippen LogP contribution in [-0.2, 0) is 16.6 Å². The van der Waals surface area contributed by atoms with Crippen LogP contribution >= 0.6 is 11.8 Å². The van der Waals surface area contributed by atoms with Crippen LogP contribution in [0.1, 0.15) is 36.2 Å². The maximum Gasteiger partial charge on any atom is 0.255 e. The van der Waals surface area contributed by atoms with Gasteiger partial charge in [-0.2, -0.15) is 16.1 Å². The van der Waals surface area contributed by atoms with Crippen LogP contribution in [0.15, 0.2) is 53.4 Å². The van der Waals surface area contributed by atoms with E-state index in [1.54, 1.807) is 22.5 Å². The summed E-state index contributed by atoms with van der Waals surface area (Å²) in [5.41, 5.74) is 2.22. The number of sulfonamides is 1. The lowest BCUT2D eigenvalue weighted by Gasteiger charge is -2.34. The summed E-state index contributed by atoms with van der Waals surface area (Å²) in [6.07, 6.45) is 1.03. The smallest absolute Gasteiger partial charge is 0.255 e. The minimum absolute atomic E-state index is 0.174. The Morgan fingerprint density at radius 2 is 1.73 bits per heavy atom. The molecule has 2 heterocycles. The lowest BCUT2D eigenvalue weighted by atomic mass is 9.94. The van der Waals surface area contributed by atoms with Crippen LogP contribution in [0.3, 0.4) is 0 Å². The zero-order chi connectivity index (χ0) is 23.4. The number of benzene rings is 2. The van der Waals surface area contributed by atoms with Crippen LogP contribution in [0, 0.1) is 11.8 Å². The van der Waals surface area contributed by atoms with Crippen LogP contribution in [-0.4, -0.2) is 61.2 Å². The molecule has 2 aromatic rings. The van der Waals surface area contributed by atoms with Crippen molar-refractivity contribution in [3.8, 4) is 0 Å². The van der Waals surface area contributed by atoms with E-state index in [1.807, 2.05) is 30.0 Å². The van der Waals surface area contributed by atoms with Crippen LogP contribution < -0.4 is 5.32 Å². The van der Waals surface area contributed by atoms with E-state index in [0.717, 1.165) is 48.8 Å². The molecule has 2 atom stereocenters. The van der Waals surface area contributed by atoms with Gasteiger partial charge in [-0.05, 0) is 54.2 Å². The van der Waals surface area contributed by atoms with Gasteiger partial charge in [-0.15, -0.1) is 0 Å². The second-order valence-electron chi connectivity index (χ2n) is 9.34. The molecule has 1 amide bonds. The molecule has 0 bridgehead atoms. The fraction of sp³-hybridized carbons (Fsp3) is 0.480. The molecule has 1 N–H and O–H groups in total. The molecule has 2 saturated heterocycles. The number of nitrogens with one attached hydrogen (secondary N) is 1. The van der Waals surface area contributed by atoms with Crippen molar-refractivity contribution in [1.82, 2.24) is 9.21 Å². The second-order valence-corrected chi connectivity index (χ2v) is 12.5. The molecular formula is C25H33N3O3S2. The van der Waals surface area contributed by atoms with Gasteiger partial charge in [-0.3, -0.25) is 9.69 Å². The Morgan fingerprint density at radius 1 is 1.03 bits per heavy atom. The van der Waals surface area contributed by atoms with Gasteiger partial charge in [0.1, 0.15) is 0 Å². The zero-order valence-corrected chi connectivity index (χ0v) is 21.0. The number of nitrogens with zero attached hydrogens (tertiary/aromatic N) is 2. The highest BCUT2D eigenvalue weighted by Gasteiger charge is 2.32. The molecule has 0 aliphatic carbocycles. The van der Waals surface area contributed by atoms with Crippen molar-refractivity contribution in [3.05, 3.63) is 59.7 Å². The molecule has 0 saturated carbocycles. The van der Waals surface area contributed by atoms with E-state index in [9.17, 15) is 13.2 Å². The predicted octanol–water partition coefficient (Wildman–Crippen LogP) is 4.15. The van der Waals surface area contributed by atoms with E-state index >= 15 is 0 Å². The normalized spacial score (nSPS) is 22.7. The third kappa shape index (κ3) is 6.18. The quantitative estimate of drug-likeness (QED) is 0.663. The topological polar surface area (TPSA) is 69.7 Å². The van der Waals surface area contributed by atoms with Gasteiger partial charge in [0.2, 0.25) is 10.0 Å². The first-order chi connectivity index (χ1) is 15.8. The summed E-state index contributed by atoms with van der Waals surface area (Å²) in [7, 11) is -3.63. The third-order valence-electron chi connectivity index (χ3n) is 6.26. The monoisotopic (exact) mass is 487 g/mol. The van der Waals surface area contributed by atoms with Gasteiger partial charge < -0.3 is 5.32 Å². The molecule has 2 aromatic carbocycles. The van der Waals surface area contributed by atoms with Gasteiger partial charge in [-0.25, -0.2) is 8.42 Å². The first kappa shape index (κ1) is 24.3. The molecule has 6 nitrogen and oxygen atoms in total. The first-order valence-electron chi connectivity index (χ1n) is 11.6. The fourth-order valence-electron chi connectivity index (χ4n) is 4.72. The SMILES string of the molecule is CC1CC(C)CN(S(=O)(=O)c2cccc(C(=O)Nc3cccc(CN4CCSCC4)c3)c2)C1. The Bertz CT molecular complexity index is 1070. The highest BCUT2D eigenvalue weighted by Crippen LogP contribution is 2.27. The van der Waals surface area contributed by atoms with Crippen LogP contribution in [0.5, 0.6) is 0 Å². The molecule has 2 aliphatic rings. The van der Waals surface area contributed by atoms with E-state index in [0.29, 0.717) is 30.5 Å². The molecule has 2 unspecified atom stereocenters. The van der Waals surface area contributed by atoms with E-state index in [4.69, 9.17) is 0 Å². The lowest BCUT2D eigenvalue weighted by molar-refractivity contribution is 0.102. The van der Waals surface area contributed by atoms with Crippen LogP contribution in [0.25, 0.3) is 0 Å². The molecule has 178 valence electrons. The number of hydrogen-bond donors (Lipinski definition) is 1. The summed E-state index contributed by atoms with van der Waals surface area (Å²) in [6, 6.07) is 14.3. The Kier molecular flexibility index (Phi) is 7.79. The maximum atomic E-state index is 13.2. The average Bonchev–Trinajstić information content (AvgIpc) is 2.79. The van der Waals surface area contributed by atoms with Gasteiger partial charge in [-0.1, -0.05) is 32.0 Å². The number of rotatable bonds is 6. The van der Waals surface area contributed by atoms with Gasteiger partial charge in [0, 0.05) is 55.5 Å². The van der Waals surface area contributed by atoms with E-state index in [2.05, 4.69) is 30.1 Å². The Morgan fingerprint density at radius 3 is 2.45 bits per heavy atom. The largest absolute Gasteiger partial charge is 0.322 e. The highest BCUT2D eigenvalue weighted by molar-refractivity contribution is 7.99. The first-order valence-corrected chi connectivity index (χ1v) is 14.2. The Balaban J connectivity index is 1.46.